The average Bonchev–Trinajstić information content (AvgIpc) is 2.10. The molecule has 0 bridgehead atoms. The van der Waals surface area contributed by atoms with Crippen molar-refractivity contribution in [1.29, 1.82) is 0 Å². The quantitative estimate of drug-likeness (QED) is 0.775. The summed E-state index contributed by atoms with van der Waals surface area (Å²) in [5.74, 6) is 1.38. The van der Waals surface area contributed by atoms with Crippen LogP contribution >= 0.6 is 0 Å². The fourth-order valence-electron chi connectivity index (χ4n) is 3.43. The maximum atomic E-state index is 9.88. The SMILES string of the molecule is CC(C)CC(O)CNC1CC(C)CC(C)(C)C1. The highest BCUT2D eigenvalue weighted by Crippen LogP contribution is 2.38. The lowest BCUT2D eigenvalue weighted by molar-refractivity contribution is 0.115. The van der Waals surface area contributed by atoms with E-state index < -0.39 is 0 Å². The Morgan fingerprint density at radius 2 is 1.94 bits per heavy atom. The summed E-state index contributed by atoms with van der Waals surface area (Å²) in [6.07, 6.45) is 4.55. The zero-order chi connectivity index (χ0) is 13.1. The molecule has 0 heterocycles. The summed E-state index contributed by atoms with van der Waals surface area (Å²) < 4.78 is 0. The number of hydrogen-bond donors (Lipinski definition) is 2. The van der Waals surface area contributed by atoms with Crippen molar-refractivity contribution in [3.63, 3.8) is 0 Å². The van der Waals surface area contributed by atoms with Crippen LogP contribution in [0.3, 0.4) is 0 Å². The Kier molecular flexibility index (Phi) is 5.46. The van der Waals surface area contributed by atoms with Crippen LogP contribution in [-0.2, 0) is 0 Å². The number of nitrogens with one attached hydrogen (secondary N) is 1. The minimum absolute atomic E-state index is 0.185. The topological polar surface area (TPSA) is 32.3 Å². The fraction of sp³-hybridized carbons (Fsp3) is 1.00. The van der Waals surface area contributed by atoms with Gasteiger partial charge < -0.3 is 10.4 Å². The molecule has 1 fully saturated rings. The Balaban J connectivity index is 2.31. The molecule has 0 saturated heterocycles. The molecule has 2 N–H and O–H groups in total. The van der Waals surface area contributed by atoms with E-state index in [2.05, 4.69) is 39.9 Å². The van der Waals surface area contributed by atoms with E-state index in [-0.39, 0.29) is 6.10 Å². The molecule has 0 amide bonds. The molecule has 1 rings (SSSR count). The van der Waals surface area contributed by atoms with Gasteiger partial charge in [-0.15, -0.1) is 0 Å². The summed E-state index contributed by atoms with van der Waals surface area (Å²) in [5.41, 5.74) is 0.457. The molecule has 0 aromatic rings. The zero-order valence-electron chi connectivity index (χ0n) is 12.3. The Hall–Kier alpha value is -0.0800. The summed E-state index contributed by atoms with van der Waals surface area (Å²) in [5, 5.41) is 13.4. The van der Waals surface area contributed by atoms with Crippen LogP contribution in [0.1, 0.15) is 60.3 Å². The van der Waals surface area contributed by atoms with Gasteiger partial charge in [-0.25, -0.2) is 0 Å². The van der Waals surface area contributed by atoms with Crippen molar-refractivity contribution in [3.8, 4) is 0 Å². The third-order valence-corrected chi connectivity index (χ3v) is 3.77. The first-order chi connectivity index (χ1) is 7.78. The maximum absolute atomic E-state index is 9.88. The van der Waals surface area contributed by atoms with E-state index in [1.807, 2.05) is 0 Å². The summed E-state index contributed by atoms with van der Waals surface area (Å²) in [6, 6.07) is 0.593. The number of aliphatic hydroxyl groups excluding tert-OH is 1. The van der Waals surface area contributed by atoms with Crippen LogP contribution in [0.5, 0.6) is 0 Å². The molecule has 102 valence electrons. The normalized spacial score (nSPS) is 30.5. The largest absolute Gasteiger partial charge is 0.392 e. The molecule has 1 saturated carbocycles. The van der Waals surface area contributed by atoms with E-state index in [4.69, 9.17) is 0 Å². The minimum atomic E-state index is -0.185. The van der Waals surface area contributed by atoms with Gasteiger partial charge >= 0.3 is 0 Å². The van der Waals surface area contributed by atoms with Crippen LogP contribution in [-0.4, -0.2) is 23.8 Å². The van der Waals surface area contributed by atoms with Gasteiger partial charge in [0.25, 0.3) is 0 Å². The van der Waals surface area contributed by atoms with Gasteiger partial charge in [-0.2, -0.15) is 0 Å². The van der Waals surface area contributed by atoms with E-state index in [1.54, 1.807) is 0 Å². The molecule has 0 aromatic heterocycles. The molecule has 0 aromatic carbocycles. The Labute approximate surface area is 107 Å². The summed E-state index contributed by atoms with van der Waals surface area (Å²) in [7, 11) is 0. The molecule has 0 spiro atoms. The molecule has 1 aliphatic carbocycles. The highest BCUT2D eigenvalue weighted by Gasteiger charge is 2.31. The lowest BCUT2D eigenvalue weighted by Crippen LogP contribution is -2.43. The zero-order valence-corrected chi connectivity index (χ0v) is 12.3. The predicted molar refractivity (Wildman–Crippen MR) is 74.0 cm³/mol. The van der Waals surface area contributed by atoms with Crippen molar-refractivity contribution in [2.24, 2.45) is 17.3 Å². The van der Waals surface area contributed by atoms with Gasteiger partial charge in [-0.1, -0.05) is 34.6 Å². The standard InChI is InChI=1S/C15H31NO/c1-11(2)6-14(17)10-16-13-7-12(3)8-15(4,5)9-13/h11-14,16-17H,6-10H2,1-5H3. The third-order valence-electron chi connectivity index (χ3n) is 3.77. The summed E-state index contributed by atoms with van der Waals surface area (Å²) >= 11 is 0. The van der Waals surface area contributed by atoms with Crippen molar-refractivity contribution in [1.82, 2.24) is 5.32 Å². The first kappa shape index (κ1) is 15.0. The number of aliphatic hydroxyl groups is 1. The summed E-state index contributed by atoms with van der Waals surface area (Å²) in [4.78, 5) is 0. The van der Waals surface area contributed by atoms with E-state index in [0.29, 0.717) is 17.4 Å². The smallest absolute Gasteiger partial charge is 0.0667 e. The Bertz CT molecular complexity index is 225. The van der Waals surface area contributed by atoms with E-state index in [0.717, 1.165) is 18.9 Å². The van der Waals surface area contributed by atoms with Gasteiger partial charge in [-0.05, 0) is 42.9 Å². The second-order valence-corrected chi connectivity index (χ2v) is 7.30. The maximum Gasteiger partial charge on any atom is 0.0667 e. The van der Waals surface area contributed by atoms with Crippen LogP contribution in [0, 0.1) is 17.3 Å². The highest BCUT2D eigenvalue weighted by molar-refractivity contribution is 4.86. The van der Waals surface area contributed by atoms with Crippen LogP contribution < -0.4 is 5.32 Å². The molecule has 3 unspecified atom stereocenters. The van der Waals surface area contributed by atoms with Crippen molar-refractivity contribution in [2.45, 2.75) is 72.4 Å². The molecule has 3 atom stereocenters. The molecular weight excluding hydrogens is 210 g/mol. The lowest BCUT2D eigenvalue weighted by Gasteiger charge is -2.39. The van der Waals surface area contributed by atoms with E-state index >= 15 is 0 Å². The average molecular weight is 241 g/mol. The Morgan fingerprint density at radius 3 is 2.47 bits per heavy atom. The highest BCUT2D eigenvalue weighted by atomic mass is 16.3. The molecule has 2 heteroatoms. The molecular formula is C15H31NO. The van der Waals surface area contributed by atoms with Crippen LogP contribution in [0.4, 0.5) is 0 Å². The van der Waals surface area contributed by atoms with Gasteiger partial charge in [-0.3, -0.25) is 0 Å². The molecule has 2 nitrogen and oxygen atoms in total. The fourth-order valence-corrected chi connectivity index (χ4v) is 3.43. The van der Waals surface area contributed by atoms with Crippen molar-refractivity contribution >= 4 is 0 Å². The van der Waals surface area contributed by atoms with Gasteiger partial charge in [0.1, 0.15) is 0 Å². The monoisotopic (exact) mass is 241 g/mol. The van der Waals surface area contributed by atoms with Crippen molar-refractivity contribution in [3.05, 3.63) is 0 Å². The molecule has 17 heavy (non-hydrogen) atoms. The van der Waals surface area contributed by atoms with Crippen LogP contribution in [0.25, 0.3) is 0 Å². The minimum Gasteiger partial charge on any atom is -0.392 e. The second-order valence-electron chi connectivity index (χ2n) is 7.30. The molecule has 0 radical (unpaired) electrons. The second kappa shape index (κ2) is 6.19. The van der Waals surface area contributed by atoms with E-state index in [1.165, 1.54) is 19.3 Å². The first-order valence-corrected chi connectivity index (χ1v) is 7.20. The van der Waals surface area contributed by atoms with E-state index in [9.17, 15) is 5.11 Å². The van der Waals surface area contributed by atoms with Crippen molar-refractivity contribution < 1.29 is 5.11 Å². The number of rotatable bonds is 5. The van der Waals surface area contributed by atoms with Crippen molar-refractivity contribution in [2.75, 3.05) is 6.54 Å². The van der Waals surface area contributed by atoms with Gasteiger partial charge in [0.05, 0.1) is 6.10 Å². The van der Waals surface area contributed by atoms with Gasteiger partial charge in [0.2, 0.25) is 0 Å². The number of hydrogen-bond acceptors (Lipinski definition) is 2. The molecule has 1 aliphatic rings. The predicted octanol–water partition coefficient (Wildman–Crippen LogP) is 3.20. The third kappa shape index (κ3) is 5.87. The summed E-state index contributed by atoms with van der Waals surface area (Å²) in [6.45, 7) is 12.2. The van der Waals surface area contributed by atoms with Crippen LogP contribution in [0.15, 0.2) is 0 Å². The van der Waals surface area contributed by atoms with Crippen LogP contribution in [0.2, 0.25) is 0 Å². The molecule has 0 aliphatic heterocycles. The van der Waals surface area contributed by atoms with Gasteiger partial charge in [0, 0.05) is 12.6 Å². The lowest BCUT2D eigenvalue weighted by atomic mass is 9.70. The van der Waals surface area contributed by atoms with Gasteiger partial charge in [0.15, 0.2) is 0 Å². The first-order valence-electron chi connectivity index (χ1n) is 7.20. The Morgan fingerprint density at radius 1 is 1.29 bits per heavy atom.